The van der Waals surface area contributed by atoms with Gasteiger partial charge >= 0.3 is 0 Å². The van der Waals surface area contributed by atoms with Gasteiger partial charge in [0.2, 0.25) is 0 Å². The SMILES string of the molecule is Cc1ncsc1CN1CC2(CC(c3ccccc3)C2)C1. The van der Waals surface area contributed by atoms with Crippen molar-refractivity contribution < 1.29 is 0 Å². The summed E-state index contributed by atoms with van der Waals surface area (Å²) in [5.74, 6) is 0.809. The molecule has 104 valence electrons. The van der Waals surface area contributed by atoms with Crippen molar-refractivity contribution in [2.45, 2.75) is 32.2 Å². The number of rotatable bonds is 3. The molecule has 0 radical (unpaired) electrons. The van der Waals surface area contributed by atoms with Gasteiger partial charge in [0, 0.05) is 24.5 Å². The molecule has 1 saturated carbocycles. The van der Waals surface area contributed by atoms with Crippen LogP contribution in [0.25, 0.3) is 0 Å². The van der Waals surface area contributed by atoms with Crippen LogP contribution in [0.15, 0.2) is 35.8 Å². The average Bonchev–Trinajstić information content (AvgIpc) is 2.77. The van der Waals surface area contributed by atoms with E-state index in [1.807, 2.05) is 5.51 Å². The molecule has 1 aliphatic carbocycles. The Kier molecular flexibility index (Phi) is 2.93. The molecule has 2 aliphatic rings. The van der Waals surface area contributed by atoms with Gasteiger partial charge in [-0.05, 0) is 36.7 Å². The van der Waals surface area contributed by atoms with Crippen LogP contribution in [0.4, 0.5) is 0 Å². The van der Waals surface area contributed by atoms with Crippen LogP contribution in [0.2, 0.25) is 0 Å². The van der Waals surface area contributed by atoms with Crippen LogP contribution in [0.3, 0.4) is 0 Å². The first-order valence-electron chi connectivity index (χ1n) is 7.40. The number of aromatic nitrogens is 1. The maximum Gasteiger partial charge on any atom is 0.0798 e. The fraction of sp³-hybridized carbons (Fsp3) is 0.471. The quantitative estimate of drug-likeness (QED) is 0.851. The second-order valence-electron chi connectivity index (χ2n) is 6.52. The van der Waals surface area contributed by atoms with Gasteiger partial charge in [-0.1, -0.05) is 30.3 Å². The molecule has 0 bridgehead atoms. The zero-order valence-electron chi connectivity index (χ0n) is 11.9. The molecule has 1 spiro atoms. The van der Waals surface area contributed by atoms with E-state index in [0.717, 1.165) is 12.5 Å². The van der Waals surface area contributed by atoms with Crippen LogP contribution in [0.5, 0.6) is 0 Å². The third-order valence-electron chi connectivity index (χ3n) is 4.96. The van der Waals surface area contributed by atoms with E-state index in [1.165, 1.54) is 42.1 Å². The van der Waals surface area contributed by atoms with E-state index in [1.54, 1.807) is 11.3 Å². The third-order valence-corrected chi connectivity index (χ3v) is 5.88. The molecule has 0 unspecified atom stereocenters. The van der Waals surface area contributed by atoms with Crippen LogP contribution in [0.1, 0.15) is 34.9 Å². The lowest BCUT2D eigenvalue weighted by Gasteiger charge is -2.59. The Morgan fingerprint density at radius 3 is 2.65 bits per heavy atom. The Morgan fingerprint density at radius 2 is 2.00 bits per heavy atom. The van der Waals surface area contributed by atoms with Crippen molar-refractivity contribution in [2.24, 2.45) is 5.41 Å². The Labute approximate surface area is 124 Å². The van der Waals surface area contributed by atoms with E-state index in [-0.39, 0.29) is 0 Å². The van der Waals surface area contributed by atoms with Crippen LogP contribution in [0, 0.1) is 12.3 Å². The van der Waals surface area contributed by atoms with Gasteiger partial charge < -0.3 is 0 Å². The fourth-order valence-electron chi connectivity index (χ4n) is 3.90. The van der Waals surface area contributed by atoms with Gasteiger partial charge in [-0.2, -0.15) is 0 Å². The molecule has 0 amide bonds. The number of hydrogen-bond donors (Lipinski definition) is 0. The molecular formula is C17H20N2S. The van der Waals surface area contributed by atoms with Crippen molar-refractivity contribution in [1.82, 2.24) is 9.88 Å². The fourth-order valence-corrected chi connectivity index (χ4v) is 4.72. The molecule has 2 heterocycles. The van der Waals surface area contributed by atoms with E-state index in [9.17, 15) is 0 Å². The summed E-state index contributed by atoms with van der Waals surface area (Å²) in [4.78, 5) is 8.37. The van der Waals surface area contributed by atoms with Gasteiger partial charge in [0.1, 0.15) is 0 Å². The monoisotopic (exact) mass is 284 g/mol. The molecule has 2 nitrogen and oxygen atoms in total. The van der Waals surface area contributed by atoms with Crippen molar-refractivity contribution in [3.63, 3.8) is 0 Å². The van der Waals surface area contributed by atoms with Gasteiger partial charge in [-0.15, -0.1) is 11.3 Å². The largest absolute Gasteiger partial charge is 0.297 e. The second kappa shape index (κ2) is 4.68. The lowest BCUT2D eigenvalue weighted by molar-refractivity contribution is -0.0772. The molecule has 1 aromatic heterocycles. The topological polar surface area (TPSA) is 16.1 Å². The lowest BCUT2D eigenvalue weighted by atomic mass is 9.56. The Bertz CT molecular complexity index is 590. The average molecular weight is 284 g/mol. The summed E-state index contributed by atoms with van der Waals surface area (Å²) >= 11 is 1.80. The summed E-state index contributed by atoms with van der Waals surface area (Å²) in [5, 5.41) is 0. The van der Waals surface area contributed by atoms with Crippen molar-refractivity contribution >= 4 is 11.3 Å². The zero-order chi connectivity index (χ0) is 13.6. The van der Waals surface area contributed by atoms with Crippen LogP contribution >= 0.6 is 11.3 Å². The number of hydrogen-bond acceptors (Lipinski definition) is 3. The van der Waals surface area contributed by atoms with Gasteiger partial charge in [0.15, 0.2) is 0 Å². The molecule has 4 rings (SSSR count). The Morgan fingerprint density at radius 1 is 1.25 bits per heavy atom. The van der Waals surface area contributed by atoms with Crippen molar-refractivity contribution in [3.05, 3.63) is 52.0 Å². The predicted molar refractivity (Wildman–Crippen MR) is 83.0 cm³/mol. The van der Waals surface area contributed by atoms with E-state index in [4.69, 9.17) is 0 Å². The summed E-state index contributed by atoms with van der Waals surface area (Å²) in [6, 6.07) is 11.0. The first-order valence-corrected chi connectivity index (χ1v) is 8.28. The molecule has 20 heavy (non-hydrogen) atoms. The van der Waals surface area contributed by atoms with Crippen LogP contribution < -0.4 is 0 Å². The van der Waals surface area contributed by atoms with E-state index in [0.29, 0.717) is 5.41 Å². The number of thiazole rings is 1. The van der Waals surface area contributed by atoms with Crippen molar-refractivity contribution in [1.29, 1.82) is 0 Å². The highest BCUT2D eigenvalue weighted by molar-refractivity contribution is 7.09. The Hall–Kier alpha value is -1.19. The number of likely N-dealkylation sites (tertiary alicyclic amines) is 1. The maximum atomic E-state index is 4.34. The highest BCUT2D eigenvalue weighted by Gasteiger charge is 2.52. The minimum absolute atomic E-state index is 0.638. The molecule has 0 atom stereocenters. The van der Waals surface area contributed by atoms with E-state index in [2.05, 4.69) is 47.1 Å². The van der Waals surface area contributed by atoms with Crippen LogP contribution in [-0.2, 0) is 6.54 Å². The van der Waals surface area contributed by atoms with Gasteiger partial charge in [0.25, 0.3) is 0 Å². The van der Waals surface area contributed by atoms with Gasteiger partial charge in [-0.3, -0.25) is 4.90 Å². The lowest BCUT2D eigenvalue weighted by Crippen LogP contribution is -2.61. The number of benzene rings is 1. The minimum Gasteiger partial charge on any atom is -0.297 e. The zero-order valence-corrected chi connectivity index (χ0v) is 12.7. The molecular weight excluding hydrogens is 264 g/mol. The third kappa shape index (κ3) is 2.09. The molecule has 2 fully saturated rings. The van der Waals surface area contributed by atoms with E-state index >= 15 is 0 Å². The molecule has 2 aromatic rings. The first-order chi connectivity index (χ1) is 9.74. The Balaban J connectivity index is 1.31. The predicted octanol–water partition coefficient (Wildman–Crippen LogP) is 3.83. The first kappa shape index (κ1) is 12.5. The van der Waals surface area contributed by atoms with Crippen molar-refractivity contribution in [3.8, 4) is 0 Å². The van der Waals surface area contributed by atoms with Gasteiger partial charge in [0.05, 0.1) is 11.2 Å². The van der Waals surface area contributed by atoms with Gasteiger partial charge in [-0.25, -0.2) is 4.98 Å². The summed E-state index contributed by atoms with van der Waals surface area (Å²) in [5.41, 5.74) is 5.36. The maximum absolute atomic E-state index is 4.34. The smallest absolute Gasteiger partial charge is 0.0798 e. The summed E-state index contributed by atoms with van der Waals surface area (Å²) in [7, 11) is 0. The summed E-state index contributed by atoms with van der Waals surface area (Å²) in [6.07, 6.45) is 2.77. The van der Waals surface area contributed by atoms with Crippen molar-refractivity contribution in [2.75, 3.05) is 13.1 Å². The summed E-state index contributed by atoms with van der Waals surface area (Å²) < 4.78 is 0. The van der Waals surface area contributed by atoms with Crippen LogP contribution in [-0.4, -0.2) is 23.0 Å². The number of nitrogens with zero attached hydrogens (tertiary/aromatic N) is 2. The summed E-state index contributed by atoms with van der Waals surface area (Å²) in [6.45, 7) is 5.80. The highest BCUT2D eigenvalue weighted by Crippen LogP contribution is 2.56. The number of aryl methyl sites for hydroxylation is 1. The molecule has 1 aromatic carbocycles. The van der Waals surface area contributed by atoms with E-state index < -0.39 is 0 Å². The highest BCUT2D eigenvalue weighted by atomic mass is 32.1. The molecule has 1 saturated heterocycles. The standard InChI is InChI=1S/C17H20N2S/c1-13-16(20-12-18-13)9-19-10-17(11-19)7-15(8-17)14-5-3-2-4-6-14/h2-6,12,15H,7-11H2,1H3. The molecule has 0 N–H and O–H groups in total. The minimum atomic E-state index is 0.638. The molecule has 1 aliphatic heterocycles. The molecule has 3 heteroatoms. The second-order valence-corrected chi connectivity index (χ2v) is 7.46. The normalized spacial score (nSPS) is 21.6.